The lowest BCUT2D eigenvalue weighted by Gasteiger charge is -2.33. The first kappa shape index (κ1) is 17.4. The van der Waals surface area contributed by atoms with Crippen molar-refractivity contribution >= 4 is 28.9 Å². The Kier molecular flexibility index (Phi) is 4.46. The van der Waals surface area contributed by atoms with E-state index in [1.165, 1.54) is 0 Å². The highest BCUT2D eigenvalue weighted by atomic mass is 35.5. The Morgan fingerprint density at radius 1 is 0.852 bits per heavy atom. The van der Waals surface area contributed by atoms with Gasteiger partial charge in [0.25, 0.3) is 0 Å². The molecule has 4 rings (SSSR count). The Balaban J connectivity index is 1.61. The summed E-state index contributed by atoms with van der Waals surface area (Å²) >= 11 is 6.28. The highest BCUT2D eigenvalue weighted by Gasteiger charge is 2.34. The maximum atomic E-state index is 12.9. The zero-order chi connectivity index (χ0) is 19.0. The van der Waals surface area contributed by atoms with Crippen LogP contribution in [0, 0.1) is 0 Å². The summed E-state index contributed by atoms with van der Waals surface area (Å²) in [7, 11) is 1.63. The van der Waals surface area contributed by atoms with Crippen molar-refractivity contribution in [2.45, 2.75) is 0 Å². The minimum absolute atomic E-state index is 0.0266. The van der Waals surface area contributed by atoms with Gasteiger partial charge in [0, 0.05) is 42.3 Å². The SMILES string of the molecule is COc1ccc(N2C=CN(C3=C(Cl)C(=O)c4ccccc4C3=O)CC2)cc1. The molecule has 5 nitrogen and oxygen atoms in total. The van der Waals surface area contributed by atoms with Gasteiger partial charge in [0.1, 0.15) is 16.5 Å². The fourth-order valence-corrected chi connectivity index (χ4v) is 3.59. The highest BCUT2D eigenvalue weighted by molar-refractivity contribution is 6.49. The van der Waals surface area contributed by atoms with E-state index < -0.39 is 0 Å². The summed E-state index contributed by atoms with van der Waals surface area (Å²) in [6.45, 7) is 1.19. The number of methoxy groups -OCH3 is 1. The van der Waals surface area contributed by atoms with Crippen molar-refractivity contribution in [3.63, 3.8) is 0 Å². The average Bonchev–Trinajstić information content (AvgIpc) is 2.73. The van der Waals surface area contributed by atoms with E-state index in [0.717, 1.165) is 11.4 Å². The van der Waals surface area contributed by atoms with E-state index >= 15 is 0 Å². The van der Waals surface area contributed by atoms with Crippen LogP contribution in [0.1, 0.15) is 20.7 Å². The first-order valence-corrected chi connectivity index (χ1v) is 8.92. The summed E-state index contributed by atoms with van der Waals surface area (Å²) < 4.78 is 5.18. The van der Waals surface area contributed by atoms with Crippen LogP contribution >= 0.6 is 11.6 Å². The second-order valence-corrected chi connectivity index (χ2v) is 6.63. The molecule has 0 N–H and O–H groups in total. The lowest BCUT2D eigenvalue weighted by Crippen LogP contribution is -2.38. The molecule has 2 aliphatic rings. The third-order valence-electron chi connectivity index (χ3n) is 4.74. The van der Waals surface area contributed by atoms with Crippen LogP contribution in [-0.2, 0) is 0 Å². The second kappa shape index (κ2) is 6.93. The van der Waals surface area contributed by atoms with E-state index in [2.05, 4.69) is 4.90 Å². The van der Waals surface area contributed by atoms with Gasteiger partial charge >= 0.3 is 0 Å². The van der Waals surface area contributed by atoms with E-state index in [0.29, 0.717) is 24.2 Å². The molecule has 6 heteroatoms. The van der Waals surface area contributed by atoms with Crippen LogP contribution in [0.15, 0.2) is 71.7 Å². The monoisotopic (exact) mass is 380 g/mol. The number of rotatable bonds is 3. The predicted octanol–water partition coefficient (Wildman–Crippen LogP) is 3.82. The van der Waals surface area contributed by atoms with Crippen LogP contribution < -0.4 is 9.64 Å². The lowest BCUT2D eigenvalue weighted by molar-refractivity contribution is 0.0957. The maximum absolute atomic E-state index is 12.9. The van der Waals surface area contributed by atoms with Crippen molar-refractivity contribution in [1.29, 1.82) is 0 Å². The predicted molar refractivity (Wildman–Crippen MR) is 104 cm³/mol. The summed E-state index contributed by atoms with van der Waals surface area (Å²) in [5.74, 6) is 0.258. The largest absolute Gasteiger partial charge is 0.497 e. The summed E-state index contributed by atoms with van der Waals surface area (Å²) in [6.07, 6.45) is 3.66. The molecule has 0 unspecified atom stereocenters. The minimum atomic E-state index is -0.312. The van der Waals surface area contributed by atoms with E-state index in [9.17, 15) is 9.59 Å². The number of allylic oxidation sites excluding steroid dienone is 2. The standard InChI is InChI=1S/C21H17ClN2O3/c1-27-15-8-6-14(7-9-15)23-10-12-24(13-11-23)19-18(22)20(25)16-4-2-3-5-17(16)21(19)26/h2-10,12H,11,13H2,1H3. The molecule has 0 saturated heterocycles. The maximum Gasteiger partial charge on any atom is 0.211 e. The van der Waals surface area contributed by atoms with Gasteiger partial charge in [-0.15, -0.1) is 0 Å². The number of Topliss-reactive ketones (excluding diaryl/α,β-unsaturated/α-hetero) is 2. The van der Waals surface area contributed by atoms with Gasteiger partial charge in [0.2, 0.25) is 11.6 Å². The topological polar surface area (TPSA) is 49.9 Å². The zero-order valence-corrected chi connectivity index (χ0v) is 15.4. The molecule has 136 valence electrons. The Labute approximate surface area is 162 Å². The molecule has 2 aromatic carbocycles. The fraction of sp³-hybridized carbons (Fsp3) is 0.143. The molecule has 0 amide bonds. The van der Waals surface area contributed by atoms with Gasteiger partial charge < -0.3 is 14.5 Å². The third-order valence-corrected chi connectivity index (χ3v) is 5.09. The number of hydrogen-bond acceptors (Lipinski definition) is 5. The number of nitrogens with zero attached hydrogens (tertiary/aromatic N) is 2. The third kappa shape index (κ3) is 3.00. The van der Waals surface area contributed by atoms with E-state index in [1.807, 2.05) is 30.5 Å². The molecule has 0 fully saturated rings. The molecule has 0 radical (unpaired) electrons. The van der Waals surface area contributed by atoms with Gasteiger partial charge in [-0.2, -0.15) is 0 Å². The molecule has 1 heterocycles. The minimum Gasteiger partial charge on any atom is -0.497 e. The Hall–Kier alpha value is -3.05. The lowest BCUT2D eigenvalue weighted by atomic mass is 9.92. The van der Waals surface area contributed by atoms with Crippen molar-refractivity contribution in [2.24, 2.45) is 0 Å². The first-order valence-electron chi connectivity index (χ1n) is 8.54. The zero-order valence-electron chi connectivity index (χ0n) is 14.7. The van der Waals surface area contributed by atoms with Gasteiger partial charge in [-0.3, -0.25) is 9.59 Å². The van der Waals surface area contributed by atoms with Gasteiger partial charge in [-0.1, -0.05) is 35.9 Å². The fourth-order valence-electron chi connectivity index (χ4n) is 3.29. The quantitative estimate of drug-likeness (QED) is 0.810. The Morgan fingerprint density at radius 2 is 1.44 bits per heavy atom. The van der Waals surface area contributed by atoms with Gasteiger partial charge in [0.15, 0.2) is 0 Å². The van der Waals surface area contributed by atoms with E-state index in [1.54, 1.807) is 42.5 Å². The smallest absolute Gasteiger partial charge is 0.211 e. The summed E-state index contributed by atoms with van der Waals surface area (Å²) in [5, 5.41) is -0.0266. The van der Waals surface area contributed by atoms with Crippen LogP contribution in [0.5, 0.6) is 5.75 Å². The number of carbonyl (C=O) groups excluding carboxylic acids is 2. The van der Waals surface area contributed by atoms with Gasteiger partial charge in [0.05, 0.1) is 7.11 Å². The van der Waals surface area contributed by atoms with Crippen LogP contribution in [0.4, 0.5) is 5.69 Å². The number of carbonyl (C=O) groups is 2. The number of anilines is 1. The number of fused-ring (bicyclic) bond motifs is 1. The molecular formula is C21H17ClN2O3. The molecule has 0 atom stereocenters. The first-order chi connectivity index (χ1) is 13.1. The second-order valence-electron chi connectivity index (χ2n) is 6.25. The Bertz CT molecular complexity index is 979. The Morgan fingerprint density at radius 3 is 2.04 bits per heavy atom. The number of ketones is 2. The summed E-state index contributed by atoms with van der Waals surface area (Å²) in [6, 6.07) is 14.5. The number of benzene rings is 2. The molecule has 0 aromatic heterocycles. The highest BCUT2D eigenvalue weighted by Crippen LogP contribution is 2.32. The van der Waals surface area contributed by atoms with E-state index in [-0.39, 0.29) is 22.3 Å². The molecule has 1 aliphatic heterocycles. The summed E-state index contributed by atoms with van der Waals surface area (Å²) in [4.78, 5) is 29.3. The van der Waals surface area contributed by atoms with Crippen molar-refractivity contribution in [2.75, 3.05) is 25.1 Å². The molecule has 2 aromatic rings. The van der Waals surface area contributed by atoms with Crippen LogP contribution in [0.25, 0.3) is 0 Å². The van der Waals surface area contributed by atoms with Gasteiger partial charge in [-0.25, -0.2) is 0 Å². The molecule has 27 heavy (non-hydrogen) atoms. The van der Waals surface area contributed by atoms with Crippen LogP contribution in [0.2, 0.25) is 0 Å². The molecular weight excluding hydrogens is 364 g/mol. The van der Waals surface area contributed by atoms with Gasteiger partial charge in [-0.05, 0) is 24.3 Å². The summed E-state index contributed by atoms with van der Waals surface area (Å²) in [5.41, 5.74) is 2.01. The molecule has 0 saturated carbocycles. The van der Waals surface area contributed by atoms with Crippen molar-refractivity contribution < 1.29 is 14.3 Å². The van der Waals surface area contributed by atoms with Crippen LogP contribution in [0.3, 0.4) is 0 Å². The van der Waals surface area contributed by atoms with E-state index in [4.69, 9.17) is 16.3 Å². The molecule has 1 aliphatic carbocycles. The molecule has 0 bridgehead atoms. The number of hydrogen-bond donors (Lipinski definition) is 0. The van der Waals surface area contributed by atoms with Crippen molar-refractivity contribution in [3.8, 4) is 5.75 Å². The number of ether oxygens (including phenoxy) is 1. The van der Waals surface area contributed by atoms with Crippen molar-refractivity contribution in [3.05, 3.63) is 82.8 Å². The molecule has 0 spiro atoms. The normalized spacial score (nSPS) is 16.7. The average molecular weight is 381 g/mol. The number of halogens is 1. The van der Waals surface area contributed by atoms with Crippen LogP contribution in [-0.4, -0.2) is 36.7 Å². The van der Waals surface area contributed by atoms with Crippen molar-refractivity contribution in [1.82, 2.24) is 4.90 Å².